The number of fused-ring (bicyclic) bond motifs is 1. The van der Waals surface area contributed by atoms with Gasteiger partial charge in [-0.05, 0) is 62.8 Å². The van der Waals surface area contributed by atoms with E-state index in [1.807, 2.05) is 37.7 Å². The predicted molar refractivity (Wildman–Crippen MR) is 108 cm³/mol. The van der Waals surface area contributed by atoms with Crippen molar-refractivity contribution in [1.82, 2.24) is 9.88 Å². The van der Waals surface area contributed by atoms with Gasteiger partial charge in [-0.25, -0.2) is 9.37 Å². The van der Waals surface area contributed by atoms with E-state index in [9.17, 15) is 9.18 Å². The zero-order valence-corrected chi connectivity index (χ0v) is 16.3. The van der Waals surface area contributed by atoms with Crippen molar-refractivity contribution in [3.05, 3.63) is 52.5 Å². The summed E-state index contributed by atoms with van der Waals surface area (Å²) < 4.78 is 14.2. The van der Waals surface area contributed by atoms with Gasteiger partial charge >= 0.3 is 0 Å². The summed E-state index contributed by atoms with van der Waals surface area (Å²) in [6.07, 6.45) is 4.23. The molecular formula is C19H20FN3OS2. The van der Waals surface area contributed by atoms with Gasteiger partial charge in [0.15, 0.2) is 5.13 Å². The third-order valence-electron chi connectivity index (χ3n) is 3.76. The summed E-state index contributed by atoms with van der Waals surface area (Å²) in [5.74, 6) is -0.410. The van der Waals surface area contributed by atoms with Gasteiger partial charge in [0.1, 0.15) is 5.82 Å². The molecule has 0 saturated heterocycles. The summed E-state index contributed by atoms with van der Waals surface area (Å²) >= 11 is 2.92. The molecule has 3 aromatic rings. The zero-order valence-electron chi connectivity index (χ0n) is 14.7. The van der Waals surface area contributed by atoms with Crippen molar-refractivity contribution < 1.29 is 9.18 Å². The van der Waals surface area contributed by atoms with Crippen LogP contribution in [0, 0.1) is 5.82 Å². The van der Waals surface area contributed by atoms with Gasteiger partial charge in [-0.15, -0.1) is 11.3 Å². The predicted octanol–water partition coefficient (Wildman–Crippen LogP) is 4.50. The molecule has 0 radical (unpaired) electrons. The summed E-state index contributed by atoms with van der Waals surface area (Å²) in [6, 6.07) is 8.41. The number of thiophene rings is 1. The molecule has 4 nitrogen and oxygen atoms in total. The van der Waals surface area contributed by atoms with Gasteiger partial charge in [-0.3, -0.25) is 9.69 Å². The summed E-state index contributed by atoms with van der Waals surface area (Å²) in [6.45, 7) is 1.44. The second kappa shape index (κ2) is 8.53. The van der Waals surface area contributed by atoms with Crippen molar-refractivity contribution in [3.8, 4) is 0 Å². The molecule has 0 aliphatic rings. The molecule has 1 aromatic carbocycles. The number of nitrogens with zero attached hydrogens (tertiary/aromatic N) is 3. The van der Waals surface area contributed by atoms with E-state index in [1.165, 1.54) is 23.5 Å². The van der Waals surface area contributed by atoms with Crippen LogP contribution in [0.15, 0.2) is 41.8 Å². The lowest BCUT2D eigenvalue weighted by Gasteiger charge is -2.19. The Labute approximate surface area is 160 Å². The standard InChI is InChI=1S/C19H20FN3OS2/c1-22(2)10-4-11-23(18(24)9-7-15-5-3-12-25-15)19-21-16-8-6-14(20)13-17(16)26-19/h3,5-9,12-13H,4,10-11H2,1-2H3/b9-7+. The van der Waals surface area contributed by atoms with Crippen LogP contribution in [0.2, 0.25) is 0 Å². The molecule has 26 heavy (non-hydrogen) atoms. The van der Waals surface area contributed by atoms with E-state index in [0.29, 0.717) is 17.2 Å². The van der Waals surface area contributed by atoms with Gasteiger partial charge in [-0.2, -0.15) is 0 Å². The number of rotatable bonds is 7. The number of hydrogen-bond donors (Lipinski definition) is 0. The van der Waals surface area contributed by atoms with Gasteiger partial charge in [0, 0.05) is 17.5 Å². The fourth-order valence-electron chi connectivity index (χ4n) is 2.48. The van der Waals surface area contributed by atoms with E-state index in [2.05, 4.69) is 9.88 Å². The SMILES string of the molecule is CN(C)CCCN(C(=O)/C=C/c1cccs1)c1nc2ccc(F)cc2s1. The van der Waals surface area contributed by atoms with E-state index in [4.69, 9.17) is 0 Å². The molecule has 0 bridgehead atoms. The number of benzene rings is 1. The van der Waals surface area contributed by atoms with Crippen LogP contribution in [0.3, 0.4) is 0 Å². The Morgan fingerprint density at radius 1 is 1.27 bits per heavy atom. The van der Waals surface area contributed by atoms with E-state index >= 15 is 0 Å². The number of anilines is 1. The highest BCUT2D eigenvalue weighted by Crippen LogP contribution is 2.30. The first-order valence-corrected chi connectivity index (χ1v) is 9.96. The minimum absolute atomic E-state index is 0.114. The third kappa shape index (κ3) is 4.75. The van der Waals surface area contributed by atoms with E-state index in [0.717, 1.165) is 22.5 Å². The third-order valence-corrected chi connectivity index (χ3v) is 5.64. The number of aromatic nitrogens is 1. The van der Waals surface area contributed by atoms with Crippen LogP contribution in [0.25, 0.3) is 16.3 Å². The molecule has 2 aromatic heterocycles. The Balaban J connectivity index is 1.84. The van der Waals surface area contributed by atoms with E-state index in [1.54, 1.807) is 28.4 Å². The normalized spacial score (nSPS) is 11.7. The zero-order chi connectivity index (χ0) is 18.5. The Bertz CT molecular complexity index is 903. The van der Waals surface area contributed by atoms with Gasteiger partial charge in [0.05, 0.1) is 10.2 Å². The largest absolute Gasteiger partial charge is 0.309 e. The Morgan fingerprint density at radius 2 is 2.12 bits per heavy atom. The maximum Gasteiger partial charge on any atom is 0.252 e. The van der Waals surface area contributed by atoms with Crippen LogP contribution in [0.1, 0.15) is 11.3 Å². The molecule has 0 fully saturated rings. The highest BCUT2D eigenvalue weighted by atomic mass is 32.1. The first-order valence-electron chi connectivity index (χ1n) is 8.27. The van der Waals surface area contributed by atoms with Gasteiger partial charge in [0.2, 0.25) is 0 Å². The first-order chi connectivity index (χ1) is 12.5. The molecular weight excluding hydrogens is 369 g/mol. The molecule has 0 saturated carbocycles. The van der Waals surface area contributed by atoms with Crippen LogP contribution in [0.4, 0.5) is 9.52 Å². The molecule has 0 N–H and O–H groups in total. The van der Waals surface area contributed by atoms with Crippen molar-refractivity contribution in [2.45, 2.75) is 6.42 Å². The van der Waals surface area contributed by atoms with Gasteiger partial charge < -0.3 is 4.90 Å². The fourth-order valence-corrected chi connectivity index (χ4v) is 4.12. The van der Waals surface area contributed by atoms with Crippen molar-refractivity contribution in [2.24, 2.45) is 0 Å². The average Bonchev–Trinajstić information content (AvgIpc) is 3.25. The van der Waals surface area contributed by atoms with Gasteiger partial charge in [-0.1, -0.05) is 17.4 Å². The number of thiazole rings is 1. The van der Waals surface area contributed by atoms with Crippen LogP contribution >= 0.6 is 22.7 Å². The monoisotopic (exact) mass is 389 g/mol. The molecule has 0 unspecified atom stereocenters. The molecule has 0 atom stereocenters. The summed E-state index contributed by atoms with van der Waals surface area (Å²) in [4.78, 5) is 22.1. The Morgan fingerprint density at radius 3 is 2.85 bits per heavy atom. The molecule has 1 amide bonds. The molecule has 2 heterocycles. The number of carbonyl (C=O) groups excluding carboxylic acids is 1. The second-order valence-corrected chi connectivity index (χ2v) is 8.09. The first kappa shape index (κ1) is 18.7. The van der Waals surface area contributed by atoms with Crippen molar-refractivity contribution >= 4 is 50.0 Å². The van der Waals surface area contributed by atoms with Crippen LogP contribution in [-0.2, 0) is 4.79 Å². The van der Waals surface area contributed by atoms with Crippen LogP contribution in [0.5, 0.6) is 0 Å². The smallest absolute Gasteiger partial charge is 0.252 e. The van der Waals surface area contributed by atoms with E-state index < -0.39 is 0 Å². The number of halogens is 1. The minimum atomic E-state index is -0.296. The fraction of sp³-hybridized carbons (Fsp3) is 0.263. The quantitative estimate of drug-likeness (QED) is 0.559. The maximum absolute atomic E-state index is 13.5. The Kier molecular flexibility index (Phi) is 6.13. The number of carbonyl (C=O) groups is 1. The molecule has 0 aliphatic carbocycles. The molecule has 0 spiro atoms. The van der Waals surface area contributed by atoms with E-state index in [-0.39, 0.29) is 11.7 Å². The lowest BCUT2D eigenvalue weighted by atomic mass is 10.3. The topological polar surface area (TPSA) is 36.4 Å². The maximum atomic E-state index is 13.5. The van der Waals surface area contributed by atoms with Crippen LogP contribution < -0.4 is 4.90 Å². The molecule has 3 rings (SSSR count). The van der Waals surface area contributed by atoms with Crippen molar-refractivity contribution in [1.29, 1.82) is 0 Å². The number of amides is 1. The Hall–Kier alpha value is -2.09. The minimum Gasteiger partial charge on any atom is -0.309 e. The lowest BCUT2D eigenvalue weighted by Crippen LogP contribution is -2.32. The van der Waals surface area contributed by atoms with Crippen molar-refractivity contribution in [3.63, 3.8) is 0 Å². The molecule has 0 aliphatic heterocycles. The summed E-state index contributed by atoms with van der Waals surface area (Å²) in [5, 5.41) is 2.58. The molecule has 7 heteroatoms. The lowest BCUT2D eigenvalue weighted by molar-refractivity contribution is -0.114. The highest BCUT2D eigenvalue weighted by Gasteiger charge is 2.18. The highest BCUT2D eigenvalue weighted by molar-refractivity contribution is 7.22. The number of hydrogen-bond acceptors (Lipinski definition) is 5. The second-order valence-electron chi connectivity index (χ2n) is 6.10. The molecule has 136 valence electrons. The van der Waals surface area contributed by atoms with Crippen LogP contribution in [-0.4, -0.2) is 43.0 Å². The van der Waals surface area contributed by atoms with Crippen molar-refractivity contribution in [2.75, 3.05) is 32.1 Å². The summed E-state index contributed by atoms with van der Waals surface area (Å²) in [7, 11) is 4.01. The average molecular weight is 390 g/mol. The summed E-state index contributed by atoms with van der Waals surface area (Å²) in [5.41, 5.74) is 0.707. The van der Waals surface area contributed by atoms with Gasteiger partial charge in [0.25, 0.3) is 5.91 Å².